The number of aryl methyl sites for hydroxylation is 1. The van der Waals surface area contributed by atoms with E-state index in [2.05, 4.69) is 15.3 Å². The molecule has 31 heavy (non-hydrogen) atoms. The maximum absolute atomic E-state index is 12.6. The number of anilines is 2. The normalized spacial score (nSPS) is 13.5. The second-order valence-electron chi connectivity index (χ2n) is 8.23. The van der Waals surface area contributed by atoms with Crippen LogP contribution >= 0.6 is 0 Å². The van der Waals surface area contributed by atoms with Crippen LogP contribution in [0.4, 0.5) is 11.5 Å². The Kier molecular flexibility index (Phi) is 4.86. The molecule has 7 nitrogen and oxygen atoms in total. The number of hydrogen-bond donors (Lipinski definition) is 2. The van der Waals surface area contributed by atoms with Gasteiger partial charge in [-0.05, 0) is 55.5 Å². The molecule has 1 aliphatic carbocycles. The highest BCUT2D eigenvalue weighted by Crippen LogP contribution is 2.32. The number of nitrogen functional groups attached to an aromatic ring is 1. The summed E-state index contributed by atoms with van der Waals surface area (Å²) in [4.78, 5) is 21.2. The Labute approximate surface area is 180 Å². The van der Waals surface area contributed by atoms with E-state index in [1.807, 2.05) is 60.1 Å². The zero-order valence-electron chi connectivity index (χ0n) is 17.4. The van der Waals surface area contributed by atoms with Gasteiger partial charge in [0.05, 0.1) is 11.1 Å². The molecule has 0 aliphatic heterocycles. The summed E-state index contributed by atoms with van der Waals surface area (Å²) in [5, 5.41) is 8.62. The molecule has 2 aromatic heterocycles. The molecule has 0 radical (unpaired) electrons. The molecule has 4 aromatic rings. The predicted molar refractivity (Wildman–Crippen MR) is 121 cm³/mol. The average molecular weight is 412 g/mol. The molecule has 0 atom stereocenters. The van der Waals surface area contributed by atoms with Crippen LogP contribution < -0.4 is 11.1 Å². The predicted octanol–water partition coefficient (Wildman–Crippen LogP) is 3.97. The van der Waals surface area contributed by atoms with E-state index >= 15 is 0 Å². The molecule has 0 unspecified atom stereocenters. The van der Waals surface area contributed by atoms with Crippen molar-refractivity contribution in [2.75, 3.05) is 11.1 Å². The fraction of sp³-hybridized carbons (Fsp3) is 0.250. The van der Waals surface area contributed by atoms with Crippen LogP contribution in [0.25, 0.3) is 11.0 Å². The van der Waals surface area contributed by atoms with E-state index in [0.29, 0.717) is 23.7 Å². The molecule has 2 aromatic carbocycles. The fourth-order valence-corrected chi connectivity index (χ4v) is 3.84. The third-order valence-corrected chi connectivity index (χ3v) is 5.60. The summed E-state index contributed by atoms with van der Waals surface area (Å²) in [6.07, 6.45) is 4.55. The largest absolute Gasteiger partial charge is 0.383 e. The van der Waals surface area contributed by atoms with Gasteiger partial charge < -0.3 is 11.1 Å². The first-order valence-electron chi connectivity index (χ1n) is 10.5. The van der Waals surface area contributed by atoms with Crippen molar-refractivity contribution in [1.29, 1.82) is 0 Å². The number of benzene rings is 2. The van der Waals surface area contributed by atoms with Crippen molar-refractivity contribution >= 4 is 28.4 Å². The number of nitrogens with two attached hydrogens (primary N) is 1. The molecular formula is C24H24N6O. The van der Waals surface area contributed by atoms with E-state index < -0.39 is 0 Å². The lowest BCUT2D eigenvalue weighted by molar-refractivity contribution is 0.102. The number of carbonyl (C=O) groups is 1. The molecule has 0 saturated heterocycles. The van der Waals surface area contributed by atoms with Crippen LogP contribution in [0.5, 0.6) is 0 Å². The van der Waals surface area contributed by atoms with E-state index in [-0.39, 0.29) is 5.91 Å². The maximum atomic E-state index is 12.6. The summed E-state index contributed by atoms with van der Waals surface area (Å²) in [6, 6.07) is 15.4. The highest BCUT2D eigenvalue weighted by atomic mass is 16.1. The average Bonchev–Trinajstić information content (AvgIpc) is 3.50. The third-order valence-electron chi connectivity index (χ3n) is 5.60. The second-order valence-corrected chi connectivity index (χ2v) is 8.23. The topological polar surface area (TPSA) is 98.7 Å². The summed E-state index contributed by atoms with van der Waals surface area (Å²) < 4.78 is 1.96. The van der Waals surface area contributed by atoms with E-state index in [0.717, 1.165) is 40.1 Å². The Morgan fingerprint density at radius 2 is 2.00 bits per heavy atom. The first-order valence-corrected chi connectivity index (χ1v) is 10.5. The molecule has 7 heteroatoms. The minimum Gasteiger partial charge on any atom is -0.383 e. The van der Waals surface area contributed by atoms with Gasteiger partial charge in [0.25, 0.3) is 5.91 Å². The molecule has 156 valence electrons. The number of nitrogens with zero attached hydrogens (tertiary/aromatic N) is 4. The van der Waals surface area contributed by atoms with Crippen LogP contribution in [0.2, 0.25) is 0 Å². The maximum Gasteiger partial charge on any atom is 0.255 e. The summed E-state index contributed by atoms with van der Waals surface area (Å²) >= 11 is 0. The molecule has 0 spiro atoms. The van der Waals surface area contributed by atoms with Crippen molar-refractivity contribution in [3.8, 4) is 0 Å². The lowest BCUT2D eigenvalue weighted by Crippen LogP contribution is -2.12. The van der Waals surface area contributed by atoms with Crippen molar-refractivity contribution in [3.05, 3.63) is 77.2 Å². The number of aromatic nitrogens is 4. The molecule has 5 rings (SSSR count). The monoisotopic (exact) mass is 412 g/mol. The van der Waals surface area contributed by atoms with Gasteiger partial charge in [-0.2, -0.15) is 5.10 Å². The van der Waals surface area contributed by atoms with Gasteiger partial charge in [0.1, 0.15) is 12.1 Å². The zero-order valence-corrected chi connectivity index (χ0v) is 17.4. The molecule has 1 amide bonds. The van der Waals surface area contributed by atoms with E-state index in [9.17, 15) is 4.79 Å². The van der Waals surface area contributed by atoms with Gasteiger partial charge in [0.2, 0.25) is 0 Å². The Hall–Kier alpha value is -3.74. The van der Waals surface area contributed by atoms with Crippen LogP contribution in [-0.4, -0.2) is 25.7 Å². The number of amides is 1. The lowest BCUT2D eigenvalue weighted by atomic mass is 10.1. The summed E-state index contributed by atoms with van der Waals surface area (Å²) in [5.74, 6) is 0.996. The first-order chi connectivity index (χ1) is 15.1. The Balaban J connectivity index is 1.41. The van der Waals surface area contributed by atoms with Crippen LogP contribution in [0.15, 0.2) is 54.9 Å². The van der Waals surface area contributed by atoms with E-state index in [1.54, 1.807) is 0 Å². The molecule has 3 N–H and O–H groups in total. The quantitative estimate of drug-likeness (QED) is 0.499. The molecular weight excluding hydrogens is 388 g/mol. The van der Waals surface area contributed by atoms with Crippen LogP contribution in [0, 0.1) is 12.8 Å². The number of carbonyl (C=O) groups excluding carboxylic acids is 1. The number of rotatable bonds is 6. The van der Waals surface area contributed by atoms with Gasteiger partial charge >= 0.3 is 0 Å². The van der Waals surface area contributed by atoms with Gasteiger partial charge in [-0.25, -0.2) is 14.6 Å². The molecule has 1 fully saturated rings. The fourth-order valence-electron chi connectivity index (χ4n) is 3.84. The van der Waals surface area contributed by atoms with Gasteiger partial charge in [0, 0.05) is 24.2 Å². The minimum atomic E-state index is -0.127. The molecule has 1 saturated carbocycles. The second kappa shape index (κ2) is 7.83. The smallest absolute Gasteiger partial charge is 0.255 e. The van der Waals surface area contributed by atoms with Crippen LogP contribution in [0.1, 0.15) is 40.0 Å². The molecule has 0 bridgehead atoms. The highest BCUT2D eigenvalue weighted by Gasteiger charge is 2.25. The SMILES string of the molecule is Cc1cccc(C(=O)Nc2cccc(Cc3nn(CC4CC4)c4ncnc(N)c34)c2)c1. The van der Waals surface area contributed by atoms with Gasteiger partial charge in [-0.15, -0.1) is 0 Å². The molecule has 2 heterocycles. The Morgan fingerprint density at radius 3 is 2.81 bits per heavy atom. The Bertz CT molecular complexity index is 1270. The van der Waals surface area contributed by atoms with E-state index in [1.165, 1.54) is 19.2 Å². The summed E-state index contributed by atoms with van der Waals surface area (Å²) in [5.41, 5.74) is 11.3. The minimum absolute atomic E-state index is 0.127. The standard InChI is InChI=1S/C24H24N6O/c1-15-4-2-6-18(10-15)24(31)28-19-7-3-5-17(11-19)12-20-21-22(25)26-14-27-23(21)30(29-20)13-16-8-9-16/h2-7,10-11,14,16H,8-9,12-13H2,1H3,(H,28,31)(H2,25,26,27). The Morgan fingerprint density at radius 1 is 1.16 bits per heavy atom. The number of hydrogen-bond acceptors (Lipinski definition) is 5. The summed E-state index contributed by atoms with van der Waals surface area (Å²) in [7, 11) is 0. The van der Waals surface area contributed by atoms with Crippen molar-refractivity contribution < 1.29 is 4.79 Å². The number of nitrogens with one attached hydrogen (secondary N) is 1. The van der Waals surface area contributed by atoms with Gasteiger partial charge in [0.15, 0.2) is 5.65 Å². The first kappa shape index (κ1) is 19.2. The van der Waals surface area contributed by atoms with Crippen molar-refractivity contribution in [2.45, 2.75) is 32.7 Å². The van der Waals surface area contributed by atoms with Crippen molar-refractivity contribution in [2.24, 2.45) is 5.92 Å². The summed E-state index contributed by atoms with van der Waals surface area (Å²) in [6.45, 7) is 2.83. The van der Waals surface area contributed by atoms with Crippen molar-refractivity contribution in [1.82, 2.24) is 19.7 Å². The van der Waals surface area contributed by atoms with Crippen LogP contribution in [0.3, 0.4) is 0 Å². The number of fused-ring (bicyclic) bond motifs is 1. The molecule has 1 aliphatic rings. The zero-order chi connectivity index (χ0) is 21.4. The van der Waals surface area contributed by atoms with E-state index in [4.69, 9.17) is 10.8 Å². The van der Waals surface area contributed by atoms with Crippen molar-refractivity contribution in [3.63, 3.8) is 0 Å². The third kappa shape index (κ3) is 4.12. The lowest BCUT2D eigenvalue weighted by Gasteiger charge is -2.08. The van der Waals surface area contributed by atoms with Crippen LogP contribution in [-0.2, 0) is 13.0 Å². The van der Waals surface area contributed by atoms with Gasteiger partial charge in [-0.3, -0.25) is 4.79 Å². The van der Waals surface area contributed by atoms with Gasteiger partial charge in [-0.1, -0.05) is 29.8 Å². The highest BCUT2D eigenvalue weighted by molar-refractivity contribution is 6.04.